The van der Waals surface area contributed by atoms with Gasteiger partial charge in [-0.05, 0) is 18.2 Å². The van der Waals surface area contributed by atoms with Crippen LogP contribution in [0.15, 0.2) is 22.8 Å². The van der Waals surface area contributed by atoms with E-state index in [1.54, 1.807) is 10.9 Å². The molecule has 0 aliphatic carbocycles. The molecule has 0 spiro atoms. The molecule has 0 unspecified atom stereocenters. The molecule has 0 N–H and O–H groups in total. The highest BCUT2D eigenvalue weighted by atomic mass is 79.9. The average Bonchev–Trinajstić information content (AvgIpc) is 2.66. The van der Waals surface area contributed by atoms with Crippen LogP contribution in [-0.2, 0) is 11.5 Å². The maximum absolute atomic E-state index is 13.7. The number of hydrogen-bond donors (Lipinski definition) is 0. The number of aromatic nitrogens is 2. The van der Waals surface area contributed by atoms with Crippen molar-refractivity contribution in [2.45, 2.75) is 32.4 Å². The Kier molecular flexibility index (Phi) is 4.42. The SMILES string of the molecule is C[Si](C)(C)CCOCn1cc2cc(Br)cc(F)c2n1. The molecule has 0 radical (unpaired) electrons. The summed E-state index contributed by atoms with van der Waals surface area (Å²) in [7, 11) is -1.06. The lowest BCUT2D eigenvalue weighted by molar-refractivity contribution is 0.0790. The Morgan fingerprint density at radius 3 is 2.79 bits per heavy atom. The van der Waals surface area contributed by atoms with E-state index in [4.69, 9.17) is 4.74 Å². The van der Waals surface area contributed by atoms with E-state index in [9.17, 15) is 4.39 Å². The number of ether oxygens (including phenoxy) is 1. The van der Waals surface area contributed by atoms with Crippen molar-refractivity contribution in [3.8, 4) is 0 Å². The molecule has 2 aromatic rings. The molecule has 0 saturated carbocycles. The highest BCUT2D eigenvalue weighted by molar-refractivity contribution is 9.10. The fourth-order valence-corrected chi connectivity index (χ4v) is 2.91. The van der Waals surface area contributed by atoms with Crippen LogP contribution in [-0.4, -0.2) is 24.5 Å². The lowest BCUT2D eigenvalue weighted by Gasteiger charge is -2.15. The number of benzene rings is 1. The zero-order valence-electron chi connectivity index (χ0n) is 11.4. The third kappa shape index (κ3) is 4.12. The van der Waals surface area contributed by atoms with Gasteiger partial charge < -0.3 is 4.74 Å². The van der Waals surface area contributed by atoms with E-state index in [1.165, 1.54) is 6.07 Å². The third-order valence-corrected chi connectivity index (χ3v) is 4.96. The molecule has 19 heavy (non-hydrogen) atoms. The Hall–Kier alpha value is -0.723. The maximum atomic E-state index is 13.7. The summed E-state index contributed by atoms with van der Waals surface area (Å²) >= 11 is 3.27. The maximum Gasteiger partial charge on any atom is 0.152 e. The molecule has 1 aromatic carbocycles. The van der Waals surface area contributed by atoms with Gasteiger partial charge in [-0.1, -0.05) is 35.6 Å². The van der Waals surface area contributed by atoms with Crippen molar-refractivity contribution in [3.63, 3.8) is 0 Å². The highest BCUT2D eigenvalue weighted by Crippen LogP contribution is 2.22. The van der Waals surface area contributed by atoms with Crippen LogP contribution in [0, 0.1) is 5.82 Å². The third-order valence-electron chi connectivity index (χ3n) is 2.79. The molecule has 1 aromatic heterocycles. The van der Waals surface area contributed by atoms with Gasteiger partial charge in [-0.3, -0.25) is 0 Å². The molecule has 0 saturated heterocycles. The van der Waals surface area contributed by atoms with E-state index in [0.29, 0.717) is 12.2 Å². The predicted octanol–water partition coefficient (Wildman–Crippen LogP) is 4.25. The Labute approximate surface area is 121 Å². The molecule has 1 heterocycles. The first kappa shape index (κ1) is 14.7. The monoisotopic (exact) mass is 344 g/mol. The quantitative estimate of drug-likeness (QED) is 0.598. The first-order chi connectivity index (χ1) is 8.85. The summed E-state index contributed by atoms with van der Waals surface area (Å²) in [4.78, 5) is 0. The summed E-state index contributed by atoms with van der Waals surface area (Å²) in [6.45, 7) is 8.04. The van der Waals surface area contributed by atoms with E-state index >= 15 is 0 Å². The van der Waals surface area contributed by atoms with Crippen molar-refractivity contribution in [2.75, 3.05) is 6.61 Å². The van der Waals surface area contributed by atoms with E-state index in [1.807, 2.05) is 6.07 Å². The highest BCUT2D eigenvalue weighted by Gasteiger charge is 2.12. The fraction of sp³-hybridized carbons (Fsp3) is 0.462. The van der Waals surface area contributed by atoms with Crippen LogP contribution in [0.5, 0.6) is 0 Å². The lowest BCUT2D eigenvalue weighted by atomic mass is 10.2. The summed E-state index contributed by atoms with van der Waals surface area (Å²) in [5.74, 6) is -0.315. The van der Waals surface area contributed by atoms with Crippen LogP contribution in [0.4, 0.5) is 4.39 Å². The number of halogens is 2. The van der Waals surface area contributed by atoms with Gasteiger partial charge in [-0.15, -0.1) is 0 Å². The molecule has 0 amide bonds. The van der Waals surface area contributed by atoms with E-state index in [2.05, 4.69) is 40.7 Å². The zero-order valence-corrected chi connectivity index (χ0v) is 14.0. The molecule has 104 valence electrons. The lowest BCUT2D eigenvalue weighted by Crippen LogP contribution is -2.22. The second-order valence-corrected chi connectivity index (χ2v) is 12.4. The minimum absolute atomic E-state index is 0.315. The van der Waals surface area contributed by atoms with Gasteiger partial charge in [0.25, 0.3) is 0 Å². The second-order valence-electron chi connectivity index (χ2n) is 5.84. The van der Waals surface area contributed by atoms with Crippen LogP contribution in [0.2, 0.25) is 25.7 Å². The molecule has 0 aliphatic rings. The van der Waals surface area contributed by atoms with Crippen molar-refractivity contribution in [2.24, 2.45) is 0 Å². The van der Waals surface area contributed by atoms with Crippen LogP contribution in [0.25, 0.3) is 10.9 Å². The summed E-state index contributed by atoms with van der Waals surface area (Å²) in [6, 6.07) is 4.39. The van der Waals surface area contributed by atoms with Gasteiger partial charge in [0.1, 0.15) is 12.2 Å². The van der Waals surface area contributed by atoms with Gasteiger partial charge in [-0.2, -0.15) is 5.10 Å². The van der Waals surface area contributed by atoms with Crippen molar-refractivity contribution >= 4 is 34.9 Å². The minimum atomic E-state index is -1.06. The van der Waals surface area contributed by atoms with Gasteiger partial charge in [-0.25, -0.2) is 9.07 Å². The van der Waals surface area contributed by atoms with Crippen LogP contribution in [0.3, 0.4) is 0 Å². The first-order valence-corrected chi connectivity index (χ1v) is 10.8. The van der Waals surface area contributed by atoms with Crippen molar-refractivity contribution < 1.29 is 9.13 Å². The smallest absolute Gasteiger partial charge is 0.152 e. The summed E-state index contributed by atoms with van der Waals surface area (Å²) in [6.07, 6.45) is 1.80. The minimum Gasteiger partial charge on any atom is -0.360 e. The Balaban J connectivity index is 2.00. The van der Waals surface area contributed by atoms with Gasteiger partial charge in [0.15, 0.2) is 5.82 Å². The van der Waals surface area contributed by atoms with E-state index < -0.39 is 8.07 Å². The largest absolute Gasteiger partial charge is 0.360 e. The van der Waals surface area contributed by atoms with Gasteiger partial charge in [0.2, 0.25) is 0 Å². The first-order valence-electron chi connectivity index (χ1n) is 6.25. The number of nitrogens with zero attached hydrogens (tertiary/aromatic N) is 2. The van der Waals surface area contributed by atoms with Crippen LogP contribution < -0.4 is 0 Å². The molecule has 0 atom stereocenters. The van der Waals surface area contributed by atoms with Gasteiger partial charge in [0, 0.05) is 30.7 Å². The Morgan fingerprint density at radius 2 is 2.11 bits per heavy atom. The van der Waals surface area contributed by atoms with Crippen molar-refractivity contribution in [1.29, 1.82) is 0 Å². The van der Waals surface area contributed by atoms with Crippen molar-refractivity contribution in [3.05, 3.63) is 28.6 Å². The normalized spacial score (nSPS) is 12.3. The summed E-state index contributed by atoms with van der Waals surface area (Å²) < 4.78 is 21.6. The van der Waals surface area contributed by atoms with Gasteiger partial charge >= 0.3 is 0 Å². The molecule has 0 bridgehead atoms. The number of rotatable bonds is 5. The molecule has 0 aliphatic heterocycles. The zero-order chi connectivity index (χ0) is 14.0. The summed E-state index contributed by atoms with van der Waals surface area (Å²) in [5, 5.41) is 4.97. The summed E-state index contributed by atoms with van der Waals surface area (Å²) in [5.41, 5.74) is 0.386. The van der Waals surface area contributed by atoms with E-state index in [-0.39, 0.29) is 5.82 Å². The van der Waals surface area contributed by atoms with Crippen LogP contribution >= 0.6 is 15.9 Å². The molecule has 3 nitrogen and oxygen atoms in total. The molecule has 2 rings (SSSR count). The number of hydrogen-bond acceptors (Lipinski definition) is 2. The van der Waals surface area contributed by atoms with Gasteiger partial charge in [0.05, 0.1) is 0 Å². The number of fused-ring (bicyclic) bond motifs is 1. The fourth-order valence-electron chi connectivity index (χ4n) is 1.71. The molecular formula is C13H18BrFN2OSi. The van der Waals surface area contributed by atoms with Crippen LogP contribution in [0.1, 0.15) is 0 Å². The molecule has 0 fully saturated rings. The predicted molar refractivity (Wildman–Crippen MR) is 81.5 cm³/mol. The average molecular weight is 345 g/mol. The Bertz CT molecular complexity index is 580. The van der Waals surface area contributed by atoms with Crippen molar-refractivity contribution in [1.82, 2.24) is 9.78 Å². The Morgan fingerprint density at radius 1 is 1.37 bits per heavy atom. The molecule has 6 heteroatoms. The standard InChI is InChI=1S/C13H18BrFN2OSi/c1-19(2,3)5-4-18-9-17-8-10-6-11(14)7-12(15)13(10)16-17/h6-8H,4-5,9H2,1-3H3. The van der Waals surface area contributed by atoms with E-state index in [0.717, 1.165) is 22.5 Å². The second kappa shape index (κ2) is 5.72. The molecular weight excluding hydrogens is 327 g/mol. The topological polar surface area (TPSA) is 27.1 Å².